The molecule has 0 saturated carbocycles. The summed E-state index contributed by atoms with van der Waals surface area (Å²) in [4.78, 5) is 15.0. The molecule has 142 valence electrons. The summed E-state index contributed by atoms with van der Waals surface area (Å²) >= 11 is 0. The first-order valence-electron chi connectivity index (χ1n) is 9.58. The van der Waals surface area contributed by atoms with Gasteiger partial charge in [0.15, 0.2) is 0 Å². The van der Waals surface area contributed by atoms with Crippen molar-refractivity contribution >= 4 is 17.3 Å². The van der Waals surface area contributed by atoms with E-state index in [1.54, 1.807) is 0 Å². The summed E-state index contributed by atoms with van der Waals surface area (Å²) in [5, 5.41) is 3.60. The lowest BCUT2D eigenvalue weighted by Crippen LogP contribution is -2.32. The maximum atomic E-state index is 13.2. The van der Waals surface area contributed by atoms with E-state index in [-0.39, 0.29) is 12.1 Å². The molecule has 4 heteroatoms. The minimum atomic E-state index is -0.262. The van der Waals surface area contributed by atoms with E-state index < -0.39 is 0 Å². The minimum absolute atomic E-state index is 0.00238. The number of hydrogen-bond donors (Lipinski definition) is 1. The van der Waals surface area contributed by atoms with Crippen molar-refractivity contribution in [3.8, 4) is 5.75 Å². The van der Waals surface area contributed by atoms with Crippen LogP contribution in [-0.4, -0.2) is 12.5 Å². The Balaban J connectivity index is 1.75. The van der Waals surface area contributed by atoms with Gasteiger partial charge >= 0.3 is 0 Å². The van der Waals surface area contributed by atoms with Crippen molar-refractivity contribution in [1.29, 1.82) is 0 Å². The minimum Gasteiger partial charge on any atom is -0.494 e. The summed E-state index contributed by atoms with van der Waals surface area (Å²) in [6, 6.07) is 21.7. The molecule has 4 rings (SSSR count). The van der Waals surface area contributed by atoms with Crippen molar-refractivity contribution < 1.29 is 9.53 Å². The number of benzene rings is 3. The third-order valence-electron chi connectivity index (χ3n) is 5.29. The Morgan fingerprint density at radius 1 is 0.964 bits per heavy atom. The van der Waals surface area contributed by atoms with E-state index in [9.17, 15) is 4.79 Å². The Morgan fingerprint density at radius 3 is 2.46 bits per heavy atom. The maximum Gasteiger partial charge on any atom is 0.260 e. The second-order valence-electron chi connectivity index (χ2n) is 6.98. The third-order valence-corrected chi connectivity index (χ3v) is 5.29. The summed E-state index contributed by atoms with van der Waals surface area (Å²) in [6.45, 7) is 6.77. The van der Waals surface area contributed by atoms with Crippen molar-refractivity contribution in [2.75, 3.05) is 16.8 Å². The van der Waals surface area contributed by atoms with Crippen LogP contribution in [0, 0.1) is 13.8 Å². The molecular weight excluding hydrogens is 348 g/mol. The lowest BCUT2D eigenvalue weighted by Gasteiger charge is -2.28. The molecule has 0 fully saturated rings. The Hall–Kier alpha value is -3.27. The average Bonchev–Trinajstić information content (AvgIpc) is 2.99. The van der Waals surface area contributed by atoms with Crippen LogP contribution >= 0.6 is 0 Å². The number of anilines is 2. The molecule has 3 aromatic rings. The fourth-order valence-corrected chi connectivity index (χ4v) is 3.65. The molecule has 1 heterocycles. The molecule has 1 atom stereocenters. The second-order valence-corrected chi connectivity index (χ2v) is 6.98. The monoisotopic (exact) mass is 372 g/mol. The number of aryl methyl sites for hydroxylation is 1. The van der Waals surface area contributed by atoms with Crippen LogP contribution in [-0.2, 0) is 0 Å². The first kappa shape index (κ1) is 18.1. The largest absolute Gasteiger partial charge is 0.494 e. The van der Waals surface area contributed by atoms with E-state index in [1.165, 1.54) is 11.1 Å². The highest BCUT2D eigenvalue weighted by atomic mass is 16.5. The van der Waals surface area contributed by atoms with E-state index >= 15 is 0 Å². The number of carbonyl (C=O) groups is 1. The molecule has 3 aromatic carbocycles. The van der Waals surface area contributed by atoms with Gasteiger partial charge in [0.05, 0.1) is 6.61 Å². The van der Waals surface area contributed by atoms with Gasteiger partial charge in [-0.2, -0.15) is 0 Å². The highest BCUT2D eigenvalue weighted by molar-refractivity contribution is 6.11. The van der Waals surface area contributed by atoms with E-state index in [4.69, 9.17) is 4.74 Å². The van der Waals surface area contributed by atoms with Crippen LogP contribution in [0.2, 0.25) is 0 Å². The predicted octanol–water partition coefficient (Wildman–Crippen LogP) is 5.47. The van der Waals surface area contributed by atoms with Crippen molar-refractivity contribution in [1.82, 2.24) is 0 Å². The van der Waals surface area contributed by atoms with Gasteiger partial charge in [0.2, 0.25) is 0 Å². The summed E-state index contributed by atoms with van der Waals surface area (Å²) in [7, 11) is 0. The lowest BCUT2D eigenvalue weighted by atomic mass is 10.1. The van der Waals surface area contributed by atoms with Crippen molar-refractivity contribution in [3.05, 3.63) is 89.0 Å². The fraction of sp³-hybridized carbons (Fsp3) is 0.208. The second kappa shape index (κ2) is 7.39. The van der Waals surface area contributed by atoms with Crippen LogP contribution in [0.1, 0.15) is 40.1 Å². The first-order chi connectivity index (χ1) is 13.6. The molecule has 1 amide bonds. The average molecular weight is 372 g/mol. The smallest absolute Gasteiger partial charge is 0.260 e. The van der Waals surface area contributed by atoms with Gasteiger partial charge in [-0.05, 0) is 68.3 Å². The van der Waals surface area contributed by atoms with Gasteiger partial charge < -0.3 is 10.1 Å². The zero-order chi connectivity index (χ0) is 19.7. The molecule has 1 aliphatic heterocycles. The summed E-state index contributed by atoms with van der Waals surface area (Å²) in [5.41, 5.74) is 6.00. The molecule has 1 aliphatic rings. The maximum absolute atomic E-state index is 13.2. The number of rotatable bonds is 5. The van der Waals surface area contributed by atoms with Gasteiger partial charge in [-0.15, -0.1) is 0 Å². The zero-order valence-electron chi connectivity index (χ0n) is 16.4. The van der Waals surface area contributed by atoms with E-state index in [2.05, 4.69) is 31.3 Å². The van der Waals surface area contributed by atoms with Crippen molar-refractivity contribution in [2.45, 2.75) is 26.9 Å². The third kappa shape index (κ3) is 3.11. The summed E-state index contributed by atoms with van der Waals surface area (Å²) in [5.74, 6) is 0.803. The van der Waals surface area contributed by atoms with Crippen LogP contribution in [0.15, 0.2) is 66.7 Å². The number of nitrogens with one attached hydrogen (secondary N) is 1. The molecule has 0 unspecified atom stereocenters. The van der Waals surface area contributed by atoms with Crippen LogP contribution in [0.5, 0.6) is 5.75 Å². The molecule has 0 radical (unpaired) electrons. The molecular formula is C24H24N2O2. The summed E-state index contributed by atoms with van der Waals surface area (Å²) < 4.78 is 5.54. The van der Waals surface area contributed by atoms with Crippen LogP contribution in [0.4, 0.5) is 11.4 Å². The van der Waals surface area contributed by atoms with Gasteiger partial charge in [0.1, 0.15) is 11.9 Å². The van der Waals surface area contributed by atoms with Gasteiger partial charge in [0, 0.05) is 22.5 Å². The molecule has 0 spiro atoms. The fourth-order valence-electron chi connectivity index (χ4n) is 3.65. The number of ether oxygens (including phenoxy) is 1. The Labute approximate surface area is 165 Å². The number of fused-ring (bicyclic) bond motifs is 1. The number of hydrogen-bond acceptors (Lipinski definition) is 3. The predicted molar refractivity (Wildman–Crippen MR) is 113 cm³/mol. The van der Waals surface area contributed by atoms with E-state index in [1.807, 2.05) is 66.4 Å². The lowest BCUT2D eigenvalue weighted by molar-refractivity contribution is 0.0993. The topological polar surface area (TPSA) is 41.6 Å². The molecule has 4 nitrogen and oxygen atoms in total. The van der Waals surface area contributed by atoms with Crippen molar-refractivity contribution in [2.24, 2.45) is 0 Å². The number of carbonyl (C=O) groups excluding carboxylic acids is 1. The van der Waals surface area contributed by atoms with Crippen LogP contribution < -0.4 is 15.0 Å². The van der Waals surface area contributed by atoms with Gasteiger partial charge in [-0.3, -0.25) is 9.69 Å². The van der Waals surface area contributed by atoms with E-state index in [0.717, 1.165) is 28.3 Å². The SMILES string of the molecule is CCOc1ccc(N2C(=O)c3ccccc3[C@H]2Nc2cccc(C)c2C)cc1. The quantitative estimate of drug-likeness (QED) is 0.645. The molecule has 1 N–H and O–H groups in total. The van der Waals surface area contributed by atoms with Crippen molar-refractivity contribution in [3.63, 3.8) is 0 Å². The molecule has 0 aliphatic carbocycles. The van der Waals surface area contributed by atoms with Crippen LogP contribution in [0.3, 0.4) is 0 Å². The Morgan fingerprint density at radius 2 is 1.71 bits per heavy atom. The normalized spacial score (nSPS) is 15.5. The standard InChI is InChI=1S/C24H24N2O2/c1-4-28-19-14-12-18(13-15-19)26-23(20-9-5-6-10-21(20)24(26)27)25-22-11-7-8-16(2)17(22)3/h5-15,23,25H,4H2,1-3H3/t23-/m0/s1. The highest BCUT2D eigenvalue weighted by Gasteiger charge is 2.37. The molecule has 0 saturated heterocycles. The molecule has 0 aromatic heterocycles. The van der Waals surface area contributed by atoms with Gasteiger partial charge in [-0.25, -0.2) is 0 Å². The van der Waals surface area contributed by atoms with E-state index in [0.29, 0.717) is 6.61 Å². The number of amides is 1. The molecule has 0 bridgehead atoms. The van der Waals surface area contributed by atoms with Crippen LogP contribution in [0.25, 0.3) is 0 Å². The first-order valence-corrected chi connectivity index (χ1v) is 9.58. The molecule has 28 heavy (non-hydrogen) atoms. The van der Waals surface area contributed by atoms with Gasteiger partial charge in [0.25, 0.3) is 5.91 Å². The zero-order valence-corrected chi connectivity index (χ0v) is 16.4. The number of nitrogens with zero attached hydrogens (tertiary/aromatic N) is 1. The Kier molecular flexibility index (Phi) is 4.78. The van der Waals surface area contributed by atoms with Gasteiger partial charge in [-0.1, -0.05) is 30.3 Å². The Bertz CT molecular complexity index is 1010. The summed E-state index contributed by atoms with van der Waals surface area (Å²) in [6.07, 6.45) is -0.262. The highest BCUT2D eigenvalue weighted by Crippen LogP contribution is 2.39.